The number of nitrogens with zero attached hydrogens (tertiary/aromatic N) is 1. The molecular formula is C20H23N3O3S. The van der Waals surface area contributed by atoms with Gasteiger partial charge in [0.25, 0.3) is 5.91 Å². The summed E-state index contributed by atoms with van der Waals surface area (Å²) < 4.78 is 5.45. The second-order valence-corrected chi connectivity index (χ2v) is 6.32. The van der Waals surface area contributed by atoms with Crippen molar-refractivity contribution in [2.75, 3.05) is 23.9 Å². The van der Waals surface area contributed by atoms with E-state index < -0.39 is 0 Å². The quantitative estimate of drug-likeness (QED) is 0.748. The number of anilines is 2. The number of benzene rings is 2. The summed E-state index contributed by atoms with van der Waals surface area (Å²) in [5.74, 6) is 0.231. The third-order valence-corrected chi connectivity index (χ3v) is 4.14. The molecule has 0 radical (unpaired) electrons. The van der Waals surface area contributed by atoms with Gasteiger partial charge >= 0.3 is 0 Å². The van der Waals surface area contributed by atoms with Crippen LogP contribution in [0.4, 0.5) is 11.4 Å². The molecule has 0 aliphatic heterocycles. The second-order valence-electron chi connectivity index (χ2n) is 5.91. The predicted molar refractivity (Wildman–Crippen MR) is 111 cm³/mol. The van der Waals surface area contributed by atoms with E-state index in [1.165, 1.54) is 17.4 Å². The van der Waals surface area contributed by atoms with Gasteiger partial charge in [0, 0.05) is 25.3 Å². The number of carbonyl (C=O) groups is 2. The van der Waals surface area contributed by atoms with Crippen LogP contribution in [0.25, 0.3) is 0 Å². The number of ether oxygens (including phenoxy) is 1. The van der Waals surface area contributed by atoms with Crippen LogP contribution in [0.2, 0.25) is 0 Å². The number of aryl methyl sites for hydroxylation is 1. The van der Waals surface area contributed by atoms with E-state index in [1.54, 1.807) is 31.3 Å². The molecule has 0 aliphatic rings. The van der Waals surface area contributed by atoms with Crippen LogP contribution in [-0.4, -0.2) is 30.6 Å². The minimum Gasteiger partial charge on any atom is -0.484 e. The third kappa shape index (κ3) is 6.38. The Morgan fingerprint density at radius 3 is 2.26 bits per heavy atom. The Morgan fingerprint density at radius 1 is 1.07 bits per heavy atom. The fraction of sp³-hybridized carbons (Fsp3) is 0.250. The molecule has 2 amide bonds. The molecule has 2 N–H and O–H groups in total. The van der Waals surface area contributed by atoms with Crippen molar-refractivity contribution in [1.82, 2.24) is 5.32 Å². The van der Waals surface area contributed by atoms with E-state index in [9.17, 15) is 9.59 Å². The van der Waals surface area contributed by atoms with Crippen LogP contribution in [0.3, 0.4) is 0 Å². The van der Waals surface area contributed by atoms with Gasteiger partial charge in [-0.1, -0.05) is 19.1 Å². The van der Waals surface area contributed by atoms with Crippen LogP contribution in [-0.2, 0) is 16.0 Å². The Labute approximate surface area is 164 Å². The number of nitrogens with one attached hydrogen (secondary N) is 2. The molecule has 0 aliphatic carbocycles. The first-order chi connectivity index (χ1) is 12.9. The number of hydrogen-bond acceptors (Lipinski definition) is 4. The Morgan fingerprint density at radius 2 is 1.70 bits per heavy atom. The fourth-order valence-corrected chi connectivity index (χ4v) is 2.48. The van der Waals surface area contributed by atoms with Crippen LogP contribution in [0.15, 0.2) is 48.5 Å². The summed E-state index contributed by atoms with van der Waals surface area (Å²) in [6, 6.07) is 14.7. The Hall–Kier alpha value is -2.93. The number of hydrogen-bond donors (Lipinski definition) is 2. The molecule has 7 heteroatoms. The highest BCUT2D eigenvalue weighted by Gasteiger charge is 2.08. The van der Waals surface area contributed by atoms with Crippen molar-refractivity contribution in [3.63, 3.8) is 0 Å². The van der Waals surface area contributed by atoms with E-state index >= 15 is 0 Å². The van der Waals surface area contributed by atoms with Crippen molar-refractivity contribution in [1.29, 1.82) is 0 Å². The zero-order valence-corrected chi connectivity index (χ0v) is 16.4. The van der Waals surface area contributed by atoms with Gasteiger partial charge in [0.05, 0.1) is 0 Å². The molecule has 142 valence electrons. The summed E-state index contributed by atoms with van der Waals surface area (Å²) in [5.41, 5.74) is 2.68. The third-order valence-electron chi connectivity index (χ3n) is 3.94. The molecule has 2 aromatic rings. The Balaban J connectivity index is 1.80. The van der Waals surface area contributed by atoms with Crippen molar-refractivity contribution in [2.45, 2.75) is 20.3 Å². The van der Waals surface area contributed by atoms with Gasteiger partial charge in [0.2, 0.25) is 5.91 Å². The normalized spacial score (nSPS) is 10.0. The van der Waals surface area contributed by atoms with Crippen molar-refractivity contribution in [2.24, 2.45) is 0 Å². The minimum atomic E-state index is -0.347. The standard InChI is InChI=1S/C20H23N3O3S/c1-4-15-5-11-18(12-6-15)26-13-19(25)22-20(27)21-16-7-9-17(10-8-16)23(3)14(2)24/h5-12H,4,13H2,1-3H3,(H2,21,22,25,27). The summed E-state index contributed by atoms with van der Waals surface area (Å²) in [6.45, 7) is 3.44. The molecule has 0 aromatic heterocycles. The predicted octanol–water partition coefficient (Wildman–Crippen LogP) is 3.12. The van der Waals surface area contributed by atoms with Gasteiger partial charge in [-0.05, 0) is 60.6 Å². The van der Waals surface area contributed by atoms with Crippen LogP contribution < -0.4 is 20.3 Å². The second kappa shape index (κ2) is 9.68. The van der Waals surface area contributed by atoms with Crippen LogP contribution >= 0.6 is 12.2 Å². The number of rotatable bonds is 6. The van der Waals surface area contributed by atoms with Gasteiger partial charge in [0.15, 0.2) is 11.7 Å². The van der Waals surface area contributed by atoms with Gasteiger partial charge in [-0.15, -0.1) is 0 Å². The first-order valence-corrected chi connectivity index (χ1v) is 8.96. The molecular weight excluding hydrogens is 362 g/mol. The average Bonchev–Trinajstić information content (AvgIpc) is 2.66. The topological polar surface area (TPSA) is 70.7 Å². The molecule has 0 heterocycles. The maximum atomic E-state index is 12.0. The van der Waals surface area contributed by atoms with Crippen molar-refractivity contribution in [3.8, 4) is 5.75 Å². The molecule has 2 aromatic carbocycles. The molecule has 0 saturated heterocycles. The monoisotopic (exact) mass is 385 g/mol. The van der Waals surface area contributed by atoms with E-state index in [-0.39, 0.29) is 23.5 Å². The van der Waals surface area contributed by atoms with Gasteiger partial charge in [-0.2, -0.15) is 0 Å². The minimum absolute atomic E-state index is 0.0529. The highest BCUT2D eigenvalue weighted by Crippen LogP contribution is 2.17. The lowest BCUT2D eigenvalue weighted by Crippen LogP contribution is -2.37. The Kier molecular flexibility index (Phi) is 7.31. The lowest BCUT2D eigenvalue weighted by molar-refractivity contribution is -0.121. The van der Waals surface area contributed by atoms with E-state index in [0.717, 1.165) is 12.1 Å². The van der Waals surface area contributed by atoms with Crippen molar-refractivity contribution < 1.29 is 14.3 Å². The van der Waals surface area contributed by atoms with Crippen LogP contribution in [0.5, 0.6) is 5.75 Å². The summed E-state index contributed by atoms with van der Waals surface area (Å²) >= 11 is 5.14. The number of carbonyl (C=O) groups excluding carboxylic acids is 2. The maximum Gasteiger partial charge on any atom is 0.264 e. The summed E-state index contributed by atoms with van der Waals surface area (Å²) in [4.78, 5) is 24.8. The van der Waals surface area contributed by atoms with E-state index in [1.807, 2.05) is 24.3 Å². The molecule has 6 nitrogen and oxygen atoms in total. The van der Waals surface area contributed by atoms with Crippen LogP contribution in [0, 0.1) is 0 Å². The maximum absolute atomic E-state index is 12.0. The smallest absolute Gasteiger partial charge is 0.264 e. The fourth-order valence-electron chi connectivity index (χ4n) is 2.25. The zero-order chi connectivity index (χ0) is 19.8. The summed E-state index contributed by atoms with van der Waals surface area (Å²) in [7, 11) is 1.70. The summed E-state index contributed by atoms with van der Waals surface area (Å²) in [6.07, 6.45) is 0.951. The van der Waals surface area contributed by atoms with Crippen molar-refractivity contribution in [3.05, 3.63) is 54.1 Å². The molecule has 0 bridgehead atoms. The SMILES string of the molecule is CCc1ccc(OCC(=O)NC(=S)Nc2ccc(N(C)C(C)=O)cc2)cc1. The van der Waals surface area contributed by atoms with E-state index in [4.69, 9.17) is 17.0 Å². The molecule has 0 saturated carbocycles. The lowest BCUT2D eigenvalue weighted by Gasteiger charge is -2.16. The van der Waals surface area contributed by atoms with Gasteiger partial charge < -0.3 is 15.0 Å². The van der Waals surface area contributed by atoms with Crippen LogP contribution in [0.1, 0.15) is 19.4 Å². The molecule has 2 rings (SSSR count). The lowest BCUT2D eigenvalue weighted by atomic mass is 10.2. The number of amides is 2. The van der Waals surface area contributed by atoms with Gasteiger partial charge in [-0.25, -0.2) is 0 Å². The number of thiocarbonyl (C=S) groups is 1. The van der Waals surface area contributed by atoms with E-state index in [0.29, 0.717) is 11.4 Å². The molecule has 0 spiro atoms. The first-order valence-electron chi connectivity index (χ1n) is 8.56. The van der Waals surface area contributed by atoms with Crippen molar-refractivity contribution >= 4 is 40.5 Å². The average molecular weight is 385 g/mol. The molecule has 0 fully saturated rings. The molecule has 0 atom stereocenters. The summed E-state index contributed by atoms with van der Waals surface area (Å²) in [5, 5.41) is 5.67. The van der Waals surface area contributed by atoms with E-state index in [2.05, 4.69) is 17.6 Å². The largest absolute Gasteiger partial charge is 0.484 e. The highest BCUT2D eigenvalue weighted by atomic mass is 32.1. The highest BCUT2D eigenvalue weighted by molar-refractivity contribution is 7.80. The van der Waals surface area contributed by atoms with Gasteiger partial charge in [-0.3, -0.25) is 14.9 Å². The zero-order valence-electron chi connectivity index (χ0n) is 15.6. The Bertz CT molecular complexity index is 804. The van der Waals surface area contributed by atoms with Gasteiger partial charge in [0.1, 0.15) is 5.75 Å². The molecule has 0 unspecified atom stereocenters. The first kappa shape index (κ1) is 20.4. The molecule has 27 heavy (non-hydrogen) atoms.